The number of aliphatic imine (C=N–C) groups is 1. The van der Waals surface area contributed by atoms with Crippen molar-refractivity contribution >= 4 is 30.2 Å². The lowest BCUT2D eigenvalue weighted by atomic mass is 10.2. The standard InChI is InChI=1S/C9H11N3O/c1-10-8-4-3-7(12-6-13)5-9(8)11-2/h3-6,10H,2H2,1H3,(H,12,13). The molecule has 2 N–H and O–H groups in total. The lowest BCUT2D eigenvalue weighted by Gasteiger charge is -2.06. The van der Waals surface area contributed by atoms with E-state index in [1.165, 1.54) is 0 Å². The third-order valence-corrected chi connectivity index (χ3v) is 1.66. The van der Waals surface area contributed by atoms with Crippen molar-refractivity contribution < 1.29 is 4.79 Å². The Morgan fingerprint density at radius 3 is 2.85 bits per heavy atom. The third kappa shape index (κ3) is 2.05. The van der Waals surface area contributed by atoms with Gasteiger partial charge in [-0.3, -0.25) is 9.79 Å². The van der Waals surface area contributed by atoms with Crippen LogP contribution < -0.4 is 10.6 Å². The van der Waals surface area contributed by atoms with Gasteiger partial charge >= 0.3 is 0 Å². The summed E-state index contributed by atoms with van der Waals surface area (Å²) in [7, 11) is 1.80. The van der Waals surface area contributed by atoms with Crippen molar-refractivity contribution in [1.29, 1.82) is 0 Å². The maximum atomic E-state index is 10.2. The number of carbonyl (C=O) groups is 1. The summed E-state index contributed by atoms with van der Waals surface area (Å²) < 4.78 is 0. The second-order valence-electron chi connectivity index (χ2n) is 2.40. The largest absolute Gasteiger partial charge is 0.386 e. The number of rotatable bonds is 4. The highest BCUT2D eigenvalue weighted by Crippen LogP contribution is 2.27. The maximum absolute atomic E-state index is 10.2. The highest BCUT2D eigenvalue weighted by atomic mass is 16.1. The van der Waals surface area contributed by atoms with Crippen LogP contribution in [0.1, 0.15) is 0 Å². The van der Waals surface area contributed by atoms with Gasteiger partial charge in [-0.25, -0.2) is 0 Å². The van der Waals surface area contributed by atoms with Gasteiger partial charge in [0, 0.05) is 12.7 Å². The smallest absolute Gasteiger partial charge is 0.211 e. The summed E-state index contributed by atoms with van der Waals surface area (Å²) in [5, 5.41) is 5.50. The summed E-state index contributed by atoms with van der Waals surface area (Å²) in [5.41, 5.74) is 2.30. The van der Waals surface area contributed by atoms with Crippen molar-refractivity contribution in [2.24, 2.45) is 4.99 Å². The predicted molar refractivity (Wildman–Crippen MR) is 54.9 cm³/mol. The van der Waals surface area contributed by atoms with Crippen LogP contribution in [0.5, 0.6) is 0 Å². The molecule has 0 saturated heterocycles. The van der Waals surface area contributed by atoms with Gasteiger partial charge in [0.05, 0.1) is 11.4 Å². The van der Waals surface area contributed by atoms with Gasteiger partial charge in [0.2, 0.25) is 6.41 Å². The van der Waals surface area contributed by atoms with Gasteiger partial charge in [0.1, 0.15) is 0 Å². The van der Waals surface area contributed by atoms with Gasteiger partial charge in [-0.15, -0.1) is 0 Å². The molecule has 0 heterocycles. The van der Waals surface area contributed by atoms with Crippen molar-refractivity contribution in [2.45, 2.75) is 0 Å². The van der Waals surface area contributed by atoms with E-state index < -0.39 is 0 Å². The number of hydrogen-bond acceptors (Lipinski definition) is 3. The molecule has 4 nitrogen and oxygen atoms in total. The van der Waals surface area contributed by atoms with Crippen LogP contribution in [-0.2, 0) is 4.79 Å². The van der Waals surface area contributed by atoms with Gasteiger partial charge in [0.15, 0.2) is 0 Å². The molecule has 1 aromatic rings. The van der Waals surface area contributed by atoms with Crippen molar-refractivity contribution in [3.63, 3.8) is 0 Å². The van der Waals surface area contributed by atoms with Crippen LogP contribution >= 0.6 is 0 Å². The average molecular weight is 177 g/mol. The van der Waals surface area contributed by atoms with E-state index in [1.807, 2.05) is 6.07 Å². The fourth-order valence-electron chi connectivity index (χ4n) is 1.03. The molecule has 0 aliphatic carbocycles. The monoisotopic (exact) mass is 177 g/mol. The Morgan fingerprint density at radius 2 is 2.31 bits per heavy atom. The minimum absolute atomic E-state index is 0.626. The molecular weight excluding hydrogens is 166 g/mol. The van der Waals surface area contributed by atoms with Crippen molar-refractivity contribution in [2.75, 3.05) is 17.7 Å². The van der Waals surface area contributed by atoms with Crippen LogP contribution in [0, 0.1) is 0 Å². The number of amides is 1. The molecule has 13 heavy (non-hydrogen) atoms. The molecule has 0 aliphatic heterocycles. The third-order valence-electron chi connectivity index (χ3n) is 1.66. The highest BCUT2D eigenvalue weighted by molar-refractivity contribution is 5.78. The predicted octanol–water partition coefficient (Wildman–Crippen LogP) is 1.63. The van der Waals surface area contributed by atoms with Gasteiger partial charge in [-0.2, -0.15) is 0 Å². The Balaban J connectivity index is 3.04. The lowest BCUT2D eigenvalue weighted by Crippen LogP contribution is -1.94. The number of nitrogens with zero attached hydrogens (tertiary/aromatic N) is 1. The highest BCUT2D eigenvalue weighted by Gasteiger charge is 1.99. The van der Waals surface area contributed by atoms with E-state index in [0.29, 0.717) is 17.8 Å². The van der Waals surface area contributed by atoms with Crippen LogP contribution in [-0.4, -0.2) is 20.2 Å². The van der Waals surface area contributed by atoms with Crippen LogP contribution in [0.3, 0.4) is 0 Å². The molecule has 1 rings (SSSR count). The van der Waals surface area contributed by atoms with E-state index in [0.717, 1.165) is 5.69 Å². The quantitative estimate of drug-likeness (QED) is 0.542. The molecule has 68 valence electrons. The van der Waals surface area contributed by atoms with Crippen LogP contribution in [0.25, 0.3) is 0 Å². The first kappa shape index (κ1) is 9.25. The SMILES string of the molecule is C=Nc1cc(NC=O)ccc1NC. The minimum atomic E-state index is 0.626. The lowest BCUT2D eigenvalue weighted by molar-refractivity contribution is -0.105. The first-order chi connectivity index (χ1) is 6.31. The number of nitrogens with one attached hydrogen (secondary N) is 2. The van der Waals surface area contributed by atoms with E-state index in [4.69, 9.17) is 0 Å². The molecule has 4 heteroatoms. The molecule has 0 radical (unpaired) electrons. The minimum Gasteiger partial charge on any atom is -0.386 e. The molecule has 0 aliphatic rings. The normalized spacial score (nSPS) is 9.00. The molecule has 0 atom stereocenters. The Morgan fingerprint density at radius 1 is 1.54 bits per heavy atom. The van der Waals surface area contributed by atoms with Gasteiger partial charge in [-0.05, 0) is 24.9 Å². The zero-order valence-corrected chi connectivity index (χ0v) is 7.37. The zero-order chi connectivity index (χ0) is 9.68. The number of benzene rings is 1. The van der Waals surface area contributed by atoms with Gasteiger partial charge in [-0.1, -0.05) is 0 Å². The molecule has 1 amide bonds. The topological polar surface area (TPSA) is 53.5 Å². The molecular formula is C9H11N3O. The zero-order valence-electron chi connectivity index (χ0n) is 7.37. The second-order valence-corrected chi connectivity index (χ2v) is 2.40. The first-order valence-electron chi connectivity index (χ1n) is 3.80. The second kappa shape index (κ2) is 4.25. The Bertz CT molecular complexity index is 323. The van der Waals surface area contributed by atoms with Gasteiger partial charge < -0.3 is 10.6 Å². The van der Waals surface area contributed by atoms with Crippen molar-refractivity contribution in [1.82, 2.24) is 0 Å². The fraction of sp³-hybridized carbons (Fsp3) is 0.111. The summed E-state index contributed by atoms with van der Waals surface area (Å²) in [6.07, 6.45) is 0.626. The molecule has 0 spiro atoms. The Kier molecular flexibility index (Phi) is 3.03. The molecule has 0 bridgehead atoms. The summed E-state index contributed by atoms with van der Waals surface area (Å²) in [5.74, 6) is 0. The summed E-state index contributed by atoms with van der Waals surface area (Å²) >= 11 is 0. The molecule has 0 saturated carbocycles. The Labute approximate surface area is 76.7 Å². The van der Waals surface area contributed by atoms with E-state index >= 15 is 0 Å². The van der Waals surface area contributed by atoms with E-state index in [9.17, 15) is 4.79 Å². The fourth-order valence-corrected chi connectivity index (χ4v) is 1.03. The van der Waals surface area contributed by atoms with E-state index in [-0.39, 0.29) is 0 Å². The summed E-state index contributed by atoms with van der Waals surface area (Å²) in [4.78, 5) is 14.0. The molecule has 1 aromatic carbocycles. The summed E-state index contributed by atoms with van der Waals surface area (Å²) in [6.45, 7) is 3.43. The first-order valence-corrected chi connectivity index (χ1v) is 3.80. The van der Waals surface area contributed by atoms with Crippen LogP contribution in [0.2, 0.25) is 0 Å². The maximum Gasteiger partial charge on any atom is 0.211 e. The van der Waals surface area contributed by atoms with Gasteiger partial charge in [0.25, 0.3) is 0 Å². The van der Waals surface area contributed by atoms with Crippen LogP contribution in [0.4, 0.5) is 17.1 Å². The van der Waals surface area contributed by atoms with E-state index in [2.05, 4.69) is 22.3 Å². The Hall–Kier alpha value is -1.84. The molecule has 0 unspecified atom stereocenters. The summed E-state index contributed by atoms with van der Waals surface area (Å²) in [6, 6.07) is 5.36. The van der Waals surface area contributed by atoms with Crippen molar-refractivity contribution in [3.05, 3.63) is 18.2 Å². The average Bonchev–Trinajstić information content (AvgIpc) is 2.18. The molecule has 0 aromatic heterocycles. The van der Waals surface area contributed by atoms with E-state index in [1.54, 1.807) is 19.2 Å². The number of hydrogen-bond donors (Lipinski definition) is 2. The number of carbonyl (C=O) groups excluding carboxylic acids is 1. The van der Waals surface area contributed by atoms with Crippen molar-refractivity contribution in [3.8, 4) is 0 Å². The number of anilines is 2. The van der Waals surface area contributed by atoms with Crippen LogP contribution in [0.15, 0.2) is 23.2 Å². The molecule has 0 fully saturated rings.